The molecule has 0 heterocycles. The van der Waals surface area contributed by atoms with Crippen molar-refractivity contribution in [3.8, 4) is 5.75 Å². The zero-order valence-electron chi connectivity index (χ0n) is 14.9. The molecule has 0 unspecified atom stereocenters. The number of hydrogen-bond donors (Lipinski definition) is 0. The van der Waals surface area contributed by atoms with Crippen LogP contribution in [0.15, 0.2) is 100 Å². The first-order valence-corrected chi connectivity index (χ1v) is 9.30. The first-order chi connectivity index (χ1) is 12.7. The third-order valence-corrected chi connectivity index (χ3v) is 4.62. The number of aliphatic imine (C=N–C) groups is 1. The average molecular weight is 359 g/mol. The van der Waals surface area contributed by atoms with Crippen LogP contribution in [0.4, 0.5) is 5.69 Å². The van der Waals surface area contributed by atoms with Crippen LogP contribution in [0.3, 0.4) is 0 Å². The van der Waals surface area contributed by atoms with Gasteiger partial charge in [0.2, 0.25) is 0 Å². The predicted octanol–water partition coefficient (Wildman–Crippen LogP) is 6.43. The van der Waals surface area contributed by atoms with Crippen molar-refractivity contribution in [1.82, 2.24) is 0 Å². The van der Waals surface area contributed by atoms with Gasteiger partial charge in [-0.1, -0.05) is 65.9 Å². The van der Waals surface area contributed by atoms with Gasteiger partial charge in [-0.2, -0.15) is 0 Å². The predicted molar refractivity (Wildman–Crippen MR) is 112 cm³/mol. The Balaban J connectivity index is 1.85. The molecule has 130 valence electrons. The minimum absolute atomic E-state index is 0.861. The molecule has 0 aliphatic rings. The van der Waals surface area contributed by atoms with Crippen LogP contribution in [0.5, 0.6) is 5.75 Å². The number of methoxy groups -OCH3 is 1. The van der Waals surface area contributed by atoms with Crippen LogP contribution >= 0.6 is 11.8 Å². The Bertz CT molecular complexity index is 899. The molecular formula is C23H21NOS. The Kier molecular flexibility index (Phi) is 6.29. The van der Waals surface area contributed by atoms with E-state index in [1.807, 2.05) is 48.5 Å². The van der Waals surface area contributed by atoms with Gasteiger partial charge in [-0.3, -0.25) is 0 Å². The minimum atomic E-state index is 0.861. The van der Waals surface area contributed by atoms with Gasteiger partial charge in [-0.15, -0.1) is 0 Å². The summed E-state index contributed by atoms with van der Waals surface area (Å²) in [5, 5.41) is 2.07. The van der Waals surface area contributed by atoms with E-state index in [-0.39, 0.29) is 0 Å². The average Bonchev–Trinajstić information content (AvgIpc) is 2.69. The zero-order valence-corrected chi connectivity index (χ0v) is 15.7. The third-order valence-electron chi connectivity index (χ3n) is 3.82. The lowest BCUT2D eigenvalue weighted by Crippen LogP contribution is -1.96. The monoisotopic (exact) mass is 359 g/mol. The molecule has 3 aromatic carbocycles. The summed E-state index contributed by atoms with van der Waals surface area (Å²) in [5.41, 5.74) is 4.22. The summed E-state index contributed by atoms with van der Waals surface area (Å²) in [4.78, 5) is 5.94. The van der Waals surface area contributed by atoms with Gasteiger partial charge in [0.25, 0.3) is 0 Å². The zero-order chi connectivity index (χ0) is 18.2. The maximum Gasteiger partial charge on any atom is 0.119 e. The highest BCUT2D eigenvalue weighted by molar-refractivity contribution is 8.02. The number of ether oxygens (including phenoxy) is 1. The molecule has 0 amide bonds. The van der Waals surface area contributed by atoms with E-state index in [9.17, 15) is 0 Å². The smallest absolute Gasteiger partial charge is 0.119 e. The first-order valence-electron chi connectivity index (χ1n) is 8.42. The lowest BCUT2D eigenvalue weighted by atomic mass is 10.1. The van der Waals surface area contributed by atoms with E-state index in [1.54, 1.807) is 18.9 Å². The molecule has 0 aliphatic heterocycles. The molecule has 26 heavy (non-hydrogen) atoms. The fourth-order valence-corrected chi connectivity index (χ4v) is 3.11. The van der Waals surface area contributed by atoms with E-state index >= 15 is 0 Å². The summed E-state index contributed by atoms with van der Waals surface area (Å²) in [5.74, 6) is 0.861. The second-order valence-electron chi connectivity index (χ2n) is 5.80. The number of hydrogen-bond acceptors (Lipinski definition) is 3. The molecule has 0 atom stereocenters. The molecule has 2 nitrogen and oxygen atoms in total. The van der Waals surface area contributed by atoms with Crippen molar-refractivity contribution in [2.75, 3.05) is 7.11 Å². The number of benzene rings is 3. The molecule has 0 saturated heterocycles. The molecule has 0 aromatic heterocycles. The summed E-state index contributed by atoms with van der Waals surface area (Å²) in [7, 11) is 1.68. The van der Waals surface area contributed by atoms with Crippen molar-refractivity contribution >= 4 is 23.2 Å². The fourth-order valence-electron chi connectivity index (χ4n) is 2.42. The van der Waals surface area contributed by atoms with E-state index in [2.05, 4.69) is 48.7 Å². The Morgan fingerprint density at radius 2 is 1.69 bits per heavy atom. The van der Waals surface area contributed by atoms with Crippen LogP contribution in [0.2, 0.25) is 0 Å². The summed E-state index contributed by atoms with van der Waals surface area (Å²) in [6.45, 7) is 2.09. The molecule has 3 heteroatoms. The molecule has 0 aliphatic carbocycles. The SMILES string of the molecule is COc1cccc(SC=CC(=Nc2ccccc2)c2ccc(C)cc2)c1. The maximum atomic E-state index is 5.28. The number of aryl methyl sites for hydroxylation is 1. The van der Waals surface area contributed by atoms with Crippen LogP contribution < -0.4 is 4.74 Å². The van der Waals surface area contributed by atoms with Crippen molar-refractivity contribution in [3.05, 3.63) is 101 Å². The van der Waals surface area contributed by atoms with Gasteiger partial charge in [0.15, 0.2) is 0 Å². The van der Waals surface area contributed by atoms with Gasteiger partial charge in [0.1, 0.15) is 5.75 Å². The van der Waals surface area contributed by atoms with Gasteiger partial charge < -0.3 is 4.74 Å². The molecule has 0 bridgehead atoms. The van der Waals surface area contributed by atoms with E-state index in [4.69, 9.17) is 9.73 Å². The highest BCUT2D eigenvalue weighted by Gasteiger charge is 2.01. The second-order valence-corrected chi connectivity index (χ2v) is 6.78. The second kappa shape index (κ2) is 9.07. The van der Waals surface area contributed by atoms with E-state index in [0.717, 1.165) is 27.6 Å². The number of nitrogens with zero attached hydrogens (tertiary/aromatic N) is 1. The van der Waals surface area contributed by atoms with E-state index in [0.29, 0.717) is 0 Å². The third kappa shape index (κ3) is 5.11. The van der Waals surface area contributed by atoms with Crippen LogP contribution in [-0.4, -0.2) is 12.8 Å². The topological polar surface area (TPSA) is 21.6 Å². The highest BCUT2D eigenvalue weighted by atomic mass is 32.2. The maximum absolute atomic E-state index is 5.28. The Morgan fingerprint density at radius 3 is 2.42 bits per heavy atom. The van der Waals surface area contributed by atoms with Crippen molar-refractivity contribution in [1.29, 1.82) is 0 Å². The molecule has 3 aromatic rings. The summed E-state index contributed by atoms with van der Waals surface area (Å²) < 4.78 is 5.28. The van der Waals surface area contributed by atoms with E-state index < -0.39 is 0 Å². The highest BCUT2D eigenvalue weighted by Crippen LogP contribution is 2.24. The Morgan fingerprint density at radius 1 is 0.923 bits per heavy atom. The Hall–Kier alpha value is -2.78. The molecular weight excluding hydrogens is 338 g/mol. The minimum Gasteiger partial charge on any atom is -0.497 e. The van der Waals surface area contributed by atoms with Crippen LogP contribution in [0.1, 0.15) is 11.1 Å². The largest absolute Gasteiger partial charge is 0.497 e. The number of allylic oxidation sites excluding steroid dienone is 1. The van der Waals surface area contributed by atoms with Crippen molar-refractivity contribution in [2.24, 2.45) is 4.99 Å². The van der Waals surface area contributed by atoms with Crippen molar-refractivity contribution in [3.63, 3.8) is 0 Å². The normalized spacial score (nSPS) is 11.7. The fraction of sp³-hybridized carbons (Fsp3) is 0.0870. The van der Waals surface area contributed by atoms with Gasteiger partial charge in [0, 0.05) is 10.5 Å². The lowest BCUT2D eigenvalue weighted by molar-refractivity contribution is 0.413. The van der Waals surface area contributed by atoms with Crippen LogP contribution in [-0.2, 0) is 0 Å². The van der Waals surface area contributed by atoms with Gasteiger partial charge in [-0.25, -0.2) is 4.99 Å². The lowest BCUT2D eigenvalue weighted by Gasteiger charge is -2.04. The number of para-hydroxylation sites is 1. The molecule has 0 radical (unpaired) electrons. The summed E-state index contributed by atoms with van der Waals surface area (Å²) >= 11 is 1.65. The molecule has 0 saturated carbocycles. The van der Waals surface area contributed by atoms with Crippen molar-refractivity contribution < 1.29 is 4.74 Å². The number of thioether (sulfide) groups is 1. The van der Waals surface area contributed by atoms with Gasteiger partial charge in [-0.05, 0) is 48.7 Å². The number of rotatable bonds is 6. The van der Waals surface area contributed by atoms with Crippen LogP contribution in [0.25, 0.3) is 0 Å². The summed E-state index contributed by atoms with van der Waals surface area (Å²) in [6, 6.07) is 26.5. The molecule has 3 rings (SSSR count). The van der Waals surface area contributed by atoms with Crippen molar-refractivity contribution in [2.45, 2.75) is 11.8 Å². The van der Waals surface area contributed by atoms with Crippen LogP contribution in [0, 0.1) is 6.92 Å². The quantitative estimate of drug-likeness (QED) is 0.373. The standard InChI is InChI=1S/C23H21NOS/c1-18-11-13-19(14-12-18)23(24-20-7-4-3-5-8-20)15-16-26-22-10-6-9-21(17-22)25-2/h3-17H,1-2H3. The van der Waals surface area contributed by atoms with E-state index in [1.165, 1.54) is 5.56 Å². The Labute approximate surface area is 159 Å². The van der Waals surface area contributed by atoms with Gasteiger partial charge in [0.05, 0.1) is 18.5 Å². The van der Waals surface area contributed by atoms with Gasteiger partial charge >= 0.3 is 0 Å². The first kappa shape index (κ1) is 18.0. The molecule has 0 N–H and O–H groups in total. The molecule has 0 spiro atoms. The summed E-state index contributed by atoms with van der Waals surface area (Å²) in [6.07, 6.45) is 2.06. The molecule has 0 fully saturated rings.